The van der Waals surface area contributed by atoms with Gasteiger partial charge in [-0.25, -0.2) is 4.79 Å². The van der Waals surface area contributed by atoms with Gasteiger partial charge in [0.15, 0.2) is 0 Å². The van der Waals surface area contributed by atoms with Crippen LogP contribution in [-0.4, -0.2) is 143 Å². The number of aldehydes is 1. The van der Waals surface area contributed by atoms with Crippen LogP contribution in [0.4, 0.5) is 0 Å². The fourth-order valence-corrected chi connectivity index (χ4v) is 7.74. The molecule has 328 valence electrons. The van der Waals surface area contributed by atoms with E-state index in [4.69, 9.17) is 5.73 Å². The molecule has 3 aliphatic heterocycles. The molecule has 3 fully saturated rings. The highest BCUT2D eigenvalue weighted by molar-refractivity contribution is 6.23. The predicted molar refractivity (Wildman–Crippen MR) is 213 cm³/mol. The first-order chi connectivity index (χ1) is 28.6. The van der Waals surface area contributed by atoms with Crippen molar-refractivity contribution in [3.05, 3.63) is 35.9 Å². The smallest absolute Gasteiger partial charge is 0.326 e. The number of hydrogen-bond acceptors (Lipinski definition) is 11. The lowest BCUT2D eigenvalue weighted by molar-refractivity contribution is -0.145. The van der Waals surface area contributed by atoms with Gasteiger partial charge in [-0.2, -0.15) is 0 Å². The van der Waals surface area contributed by atoms with Crippen LogP contribution in [-0.2, 0) is 54.4 Å². The summed E-state index contributed by atoms with van der Waals surface area (Å²) in [5.41, 5.74) is 6.04. The van der Waals surface area contributed by atoms with Crippen LogP contribution in [0.1, 0.15) is 77.2 Å². The van der Waals surface area contributed by atoms with Crippen LogP contribution in [0, 0.1) is 5.92 Å². The molecule has 0 spiro atoms. The highest BCUT2D eigenvalue weighted by Gasteiger charge is 2.42. The van der Waals surface area contributed by atoms with Crippen LogP contribution in [0.15, 0.2) is 30.3 Å². The van der Waals surface area contributed by atoms with E-state index in [-0.39, 0.29) is 63.8 Å². The van der Waals surface area contributed by atoms with Crippen LogP contribution in [0.25, 0.3) is 0 Å². The Hall–Kier alpha value is -5.92. The Morgan fingerprint density at radius 3 is 1.90 bits per heavy atom. The predicted octanol–water partition coefficient (Wildman–Crippen LogP) is -2.39. The molecule has 3 saturated heterocycles. The molecule has 1 aromatic rings. The van der Waals surface area contributed by atoms with E-state index in [1.807, 2.05) is 0 Å². The van der Waals surface area contributed by atoms with Crippen molar-refractivity contribution in [1.29, 1.82) is 0 Å². The first-order valence-electron chi connectivity index (χ1n) is 20.4. The number of carboxylic acid groups (broad SMARTS) is 1. The second-order valence-electron chi connectivity index (χ2n) is 15.8. The molecule has 4 rings (SSSR count). The molecule has 7 atom stereocenters. The van der Waals surface area contributed by atoms with E-state index in [1.165, 1.54) is 9.80 Å². The molecule has 20 heteroatoms. The van der Waals surface area contributed by atoms with Crippen molar-refractivity contribution in [3.63, 3.8) is 0 Å². The Morgan fingerprint density at radius 1 is 0.783 bits per heavy atom. The summed E-state index contributed by atoms with van der Waals surface area (Å²) >= 11 is 0. The van der Waals surface area contributed by atoms with Crippen LogP contribution in [0.3, 0.4) is 0 Å². The van der Waals surface area contributed by atoms with Crippen LogP contribution in [0.5, 0.6) is 0 Å². The zero-order chi connectivity index (χ0) is 43.9. The van der Waals surface area contributed by atoms with Crippen molar-refractivity contribution in [2.75, 3.05) is 26.2 Å². The van der Waals surface area contributed by atoms with Gasteiger partial charge in [-0.1, -0.05) is 44.2 Å². The number of rotatable bonds is 21. The van der Waals surface area contributed by atoms with Gasteiger partial charge in [0.2, 0.25) is 47.6 Å². The van der Waals surface area contributed by atoms with Gasteiger partial charge in [0, 0.05) is 32.5 Å². The Bertz CT molecular complexity index is 1750. The van der Waals surface area contributed by atoms with E-state index < -0.39 is 102 Å². The first-order valence-corrected chi connectivity index (χ1v) is 20.4. The summed E-state index contributed by atoms with van der Waals surface area (Å²) in [5, 5.41) is 25.6. The molecule has 0 radical (unpaired) electrons. The molecule has 3 aliphatic rings. The number of benzene rings is 1. The van der Waals surface area contributed by atoms with Crippen molar-refractivity contribution >= 4 is 59.5 Å². The molecular formula is C40H57N9O11. The molecule has 9 N–H and O–H groups in total. The maximum absolute atomic E-state index is 14.2. The highest BCUT2D eigenvalue weighted by atomic mass is 16.4. The lowest BCUT2D eigenvalue weighted by atomic mass is 10.0. The van der Waals surface area contributed by atoms with Crippen LogP contribution >= 0.6 is 0 Å². The lowest BCUT2D eigenvalue weighted by Gasteiger charge is -2.32. The average Bonchev–Trinajstić information content (AvgIpc) is 4.03. The Labute approximate surface area is 347 Å². The number of hydrogen-bond donors (Lipinski definition) is 8. The van der Waals surface area contributed by atoms with Crippen molar-refractivity contribution in [2.24, 2.45) is 11.7 Å². The Kier molecular flexibility index (Phi) is 17.5. The zero-order valence-corrected chi connectivity index (χ0v) is 34.0. The fourth-order valence-electron chi connectivity index (χ4n) is 7.74. The SMILES string of the molecule is CC(C)C[C@H](NC(=O)[C@H](CNC(=O)C=O)NC(=O)[C@@H]1CCCN1C(=O)[C@H](CCC(N)=O)NC(=O)[C@@H]1CCCN1)C(=O)N1CCC[C@H]1C(=O)N[C@@H](Cc1ccccc1)C(=O)O. The molecule has 60 heavy (non-hydrogen) atoms. The highest BCUT2D eigenvalue weighted by Crippen LogP contribution is 2.23. The quantitative estimate of drug-likeness (QED) is 0.0476. The molecule has 3 heterocycles. The number of amides is 8. The van der Waals surface area contributed by atoms with E-state index in [0.29, 0.717) is 31.4 Å². The van der Waals surface area contributed by atoms with Gasteiger partial charge in [-0.15, -0.1) is 0 Å². The third-order valence-electron chi connectivity index (χ3n) is 10.8. The van der Waals surface area contributed by atoms with Gasteiger partial charge < -0.3 is 52.5 Å². The molecule has 0 unspecified atom stereocenters. The maximum atomic E-state index is 14.2. The van der Waals surface area contributed by atoms with E-state index >= 15 is 0 Å². The van der Waals surface area contributed by atoms with Crippen LogP contribution in [0.2, 0.25) is 0 Å². The summed E-state index contributed by atoms with van der Waals surface area (Å²) in [6.45, 7) is 3.94. The normalized spacial score (nSPS) is 20.6. The van der Waals surface area contributed by atoms with E-state index in [0.717, 1.165) is 6.42 Å². The summed E-state index contributed by atoms with van der Waals surface area (Å²) in [6, 6.07) is 0.849. The number of carbonyl (C=O) groups is 10. The number of aliphatic carboxylic acids is 1. The molecule has 1 aromatic carbocycles. The molecule has 0 aliphatic carbocycles. The number of carbonyl (C=O) groups excluding carboxylic acids is 9. The van der Waals surface area contributed by atoms with Gasteiger partial charge >= 0.3 is 5.97 Å². The summed E-state index contributed by atoms with van der Waals surface area (Å²) in [7, 11) is 0. The monoisotopic (exact) mass is 839 g/mol. The van der Waals surface area contributed by atoms with E-state index in [9.17, 15) is 53.1 Å². The maximum Gasteiger partial charge on any atom is 0.326 e. The topological polar surface area (TPSA) is 296 Å². The lowest BCUT2D eigenvalue weighted by Crippen LogP contribution is -2.61. The molecule has 0 aromatic heterocycles. The van der Waals surface area contributed by atoms with E-state index in [1.54, 1.807) is 44.2 Å². The van der Waals surface area contributed by atoms with Gasteiger partial charge in [0.1, 0.15) is 36.3 Å². The van der Waals surface area contributed by atoms with Gasteiger partial charge in [0.25, 0.3) is 5.91 Å². The fraction of sp³-hybridized carbons (Fsp3) is 0.600. The van der Waals surface area contributed by atoms with Crippen molar-refractivity contribution in [2.45, 2.75) is 120 Å². The summed E-state index contributed by atoms with van der Waals surface area (Å²) in [6.07, 6.45) is 2.33. The number of nitrogens with two attached hydrogens (primary N) is 1. The first kappa shape index (κ1) is 46.8. The van der Waals surface area contributed by atoms with Crippen LogP contribution < -0.4 is 37.6 Å². The minimum Gasteiger partial charge on any atom is -0.480 e. The minimum atomic E-state index is -1.55. The third-order valence-corrected chi connectivity index (χ3v) is 10.8. The Morgan fingerprint density at radius 2 is 1.37 bits per heavy atom. The number of nitrogens with one attached hydrogen (secondary N) is 6. The molecule has 8 amide bonds. The van der Waals surface area contributed by atoms with E-state index in [2.05, 4.69) is 31.9 Å². The molecule has 20 nitrogen and oxygen atoms in total. The second kappa shape index (κ2) is 22.5. The summed E-state index contributed by atoms with van der Waals surface area (Å²) in [4.78, 5) is 132. The molecule has 0 saturated carbocycles. The van der Waals surface area contributed by atoms with Crippen molar-refractivity contribution in [3.8, 4) is 0 Å². The average molecular weight is 840 g/mol. The number of likely N-dealkylation sites (tertiary alicyclic amines) is 2. The number of carboxylic acids is 1. The molecular weight excluding hydrogens is 782 g/mol. The largest absolute Gasteiger partial charge is 0.480 e. The second-order valence-corrected chi connectivity index (χ2v) is 15.8. The number of nitrogens with zero attached hydrogens (tertiary/aromatic N) is 2. The van der Waals surface area contributed by atoms with Gasteiger partial charge in [-0.05, 0) is 69.4 Å². The standard InChI is InChI=1S/C40H57N9O11/c1-23(2)19-27(39(58)49-18-8-12-30(49)36(55)46-28(40(59)60)20-24-9-4-3-5-10-24)45-35(54)29(21-43-33(52)22-50)47-37(56)31-13-7-17-48(31)38(57)26(14-15-32(41)51)44-34(53)25-11-6-16-42-25/h3-5,9-10,22-23,25-31,42H,6-8,11-21H2,1-2H3,(H2,41,51)(H,43,52)(H,44,53)(H,45,54)(H,46,55)(H,47,56)(H,59,60)/t25-,26-,27-,28-,29-,30-,31-/m0/s1. The summed E-state index contributed by atoms with van der Waals surface area (Å²) < 4.78 is 0. The zero-order valence-electron chi connectivity index (χ0n) is 34.0. The van der Waals surface area contributed by atoms with Gasteiger partial charge in [0.05, 0.1) is 6.04 Å². The summed E-state index contributed by atoms with van der Waals surface area (Å²) in [5.74, 6) is -7.22. The van der Waals surface area contributed by atoms with Crippen molar-refractivity contribution < 1.29 is 53.1 Å². The van der Waals surface area contributed by atoms with Crippen molar-refractivity contribution in [1.82, 2.24) is 41.7 Å². The third kappa shape index (κ3) is 13.3. The minimum absolute atomic E-state index is 0.0136. The Balaban J connectivity index is 1.49. The molecule has 0 bridgehead atoms. The van der Waals surface area contributed by atoms with Gasteiger partial charge in [-0.3, -0.25) is 43.2 Å². The number of primary amides is 1.